The Kier molecular flexibility index (Phi) is 3.92. The van der Waals surface area contributed by atoms with Crippen molar-refractivity contribution in [1.29, 1.82) is 0 Å². The fraction of sp³-hybridized carbons (Fsp3) is 0.250. The van der Waals surface area contributed by atoms with E-state index in [1.165, 1.54) is 29.3 Å². The van der Waals surface area contributed by atoms with E-state index in [9.17, 15) is 4.39 Å². The molecule has 0 unspecified atom stereocenters. The van der Waals surface area contributed by atoms with Crippen LogP contribution in [0.3, 0.4) is 0 Å². The first-order valence-corrected chi connectivity index (χ1v) is 7.57. The van der Waals surface area contributed by atoms with Crippen LogP contribution in [0.15, 0.2) is 40.9 Å². The molecule has 1 heterocycles. The summed E-state index contributed by atoms with van der Waals surface area (Å²) in [4.78, 5) is 0. The Bertz CT molecular complexity index is 628. The number of fused-ring (bicyclic) bond motifs is 1. The summed E-state index contributed by atoms with van der Waals surface area (Å²) in [6, 6.07) is 11.2. The molecule has 2 aromatic carbocycles. The largest absolute Gasteiger partial charge is 0.385 e. The van der Waals surface area contributed by atoms with Gasteiger partial charge in [0.25, 0.3) is 0 Å². The summed E-state index contributed by atoms with van der Waals surface area (Å²) in [5, 5.41) is 6.63. The van der Waals surface area contributed by atoms with Crippen molar-refractivity contribution in [2.45, 2.75) is 19.4 Å². The zero-order valence-corrected chi connectivity index (χ0v) is 12.6. The molecule has 1 aliphatic heterocycles. The molecule has 1 aliphatic rings. The van der Waals surface area contributed by atoms with E-state index in [-0.39, 0.29) is 5.82 Å². The SMILES string of the molecule is Fc1ccc(Br)cc1NCc1cccc2c1NCCC2. The number of nitrogens with one attached hydrogen (secondary N) is 2. The molecule has 4 heteroatoms. The molecule has 0 aromatic heterocycles. The molecule has 0 bridgehead atoms. The maximum atomic E-state index is 13.7. The van der Waals surface area contributed by atoms with Gasteiger partial charge in [0.2, 0.25) is 0 Å². The van der Waals surface area contributed by atoms with E-state index in [1.807, 2.05) is 0 Å². The molecule has 2 aromatic rings. The number of halogens is 2. The highest BCUT2D eigenvalue weighted by Gasteiger charge is 2.12. The number of anilines is 2. The molecule has 20 heavy (non-hydrogen) atoms. The summed E-state index contributed by atoms with van der Waals surface area (Å²) in [5.41, 5.74) is 4.27. The Balaban J connectivity index is 1.80. The van der Waals surface area contributed by atoms with E-state index in [4.69, 9.17) is 0 Å². The number of aryl methyl sites for hydroxylation is 1. The molecule has 104 valence electrons. The number of rotatable bonds is 3. The van der Waals surface area contributed by atoms with Crippen molar-refractivity contribution in [1.82, 2.24) is 0 Å². The lowest BCUT2D eigenvalue weighted by Crippen LogP contribution is -2.15. The van der Waals surface area contributed by atoms with Crippen LogP contribution in [0.4, 0.5) is 15.8 Å². The number of hydrogen-bond donors (Lipinski definition) is 2. The van der Waals surface area contributed by atoms with Crippen LogP contribution in [-0.4, -0.2) is 6.54 Å². The van der Waals surface area contributed by atoms with E-state index in [0.717, 1.165) is 17.4 Å². The first kappa shape index (κ1) is 13.4. The summed E-state index contributed by atoms with van der Waals surface area (Å²) in [7, 11) is 0. The van der Waals surface area contributed by atoms with Crippen LogP contribution in [-0.2, 0) is 13.0 Å². The predicted octanol–water partition coefficient (Wildman–Crippen LogP) is 4.56. The summed E-state index contributed by atoms with van der Waals surface area (Å²) >= 11 is 3.36. The molecule has 3 rings (SSSR count). The molecule has 0 radical (unpaired) electrons. The van der Waals surface area contributed by atoms with Gasteiger partial charge in [-0.1, -0.05) is 34.1 Å². The molecule has 2 nitrogen and oxygen atoms in total. The molecule has 0 amide bonds. The van der Waals surface area contributed by atoms with Crippen LogP contribution in [0.25, 0.3) is 0 Å². The van der Waals surface area contributed by atoms with Crippen LogP contribution in [0.1, 0.15) is 17.5 Å². The molecule has 0 fully saturated rings. The van der Waals surface area contributed by atoms with Gasteiger partial charge >= 0.3 is 0 Å². The molecule has 0 spiro atoms. The van der Waals surface area contributed by atoms with Crippen molar-refractivity contribution < 1.29 is 4.39 Å². The maximum absolute atomic E-state index is 13.7. The van der Waals surface area contributed by atoms with E-state index < -0.39 is 0 Å². The highest BCUT2D eigenvalue weighted by Crippen LogP contribution is 2.27. The van der Waals surface area contributed by atoms with E-state index in [0.29, 0.717) is 12.2 Å². The number of hydrogen-bond acceptors (Lipinski definition) is 2. The Morgan fingerprint density at radius 1 is 1.25 bits per heavy atom. The van der Waals surface area contributed by atoms with E-state index >= 15 is 0 Å². The van der Waals surface area contributed by atoms with Gasteiger partial charge in [-0.15, -0.1) is 0 Å². The predicted molar refractivity (Wildman–Crippen MR) is 84.7 cm³/mol. The average Bonchev–Trinajstić information content (AvgIpc) is 2.48. The third-order valence-electron chi connectivity index (χ3n) is 3.56. The van der Waals surface area contributed by atoms with Crippen molar-refractivity contribution in [3.05, 3.63) is 57.8 Å². The molecule has 0 aliphatic carbocycles. The van der Waals surface area contributed by atoms with Crippen LogP contribution in [0, 0.1) is 5.82 Å². The van der Waals surface area contributed by atoms with Crippen LogP contribution >= 0.6 is 15.9 Å². The minimum absolute atomic E-state index is 0.231. The molecule has 0 saturated carbocycles. The Hall–Kier alpha value is -1.55. The quantitative estimate of drug-likeness (QED) is 0.859. The average molecular weight is 335 g/mol. The highest BCUT2D eigenvalue weighted by molar-refractivity contribution is 9.10. The second-order valence-electron chi connectivity index (χ2n) is 4.96. The van der Waals surface area contributed by atoms with Gasteiger partial charge in [0, 0.05) is 23.2 Å². The lowest BCUT2D eigenvalue weighted by atomic mass is 9.99. The first-order valence-electron chi connectivity index (χ1n) is 6.77. The van der Waals surface area contributed by atoms with E-state index in [1.54, 1.807) is 12.1 Å². The van der Waals surface area contributed by atoms with Gasteiger partial charge in [0.1, 0.15) is 5.82 Å². The Labute approximate surface area is 126 Å². The zero-order chi connectivity index (χ0) is 13.9. The normalized spacial score (nSPS) is 13.5. The zero-order valence-electron chi connectivity index (χ0n) is 11.0. The lowest BCUT2D eigenvalue weighted by Gasteiger charge is -2.21. The summed E-state index contributed by atoms with van der Waals surface area (Å²) in [6.45, 7) is 1.62. The summed E-state index contributed by atoms with van der Waals surface area (Å²) in [6.07, 6.45) is 2.28. The van der Waals surface area contributed by atoms with Gasteiger partial charge in [0.05, 0.1) is 5.69 Å². The molecule has 2 N–H and O–H groups in total. The maximum Gasteiger partial charge on any atom is 0.146 e. The number of para-hydroxylation sites is 1. The fourth-order valence-electron chi connectivity index (χ4n) is 2.55. The van der Waals surface area contributed by atoms with Gasteiger partial charge in [-0.25, -0.2) is 4.39 Å². The van der Waals surface area contributed by atoms with Crippen molar-refractivity contribution >= 4 is 27.3 Å². The fourth-order valence-corrected chi connectivity index (χ4v) is 2.91. The van der Waals surface area contributed by atoms with Crippen LogP contribution in [0.5, 0.6) is 0 Å². The molecular weight excluding hydrogens is 319 g/mol. The van der Waals surface area contributed by atoms with Gasteiger partial charge in [-0.3, -0.25) is 0 Å². The van der Waals surface area contributed by atoms with Gasteiger partial charge < -0.3 is 10.6 Å². The third kappa shape index (κ3) is 2.80. The Morgan fingerprint density at radius 2 is 2.15 bits per heavy atom. The second kappa shape index (κ2) is 5.83. The number of benzene rings is 2. The first-order chi connectivity index (χ1) is 9.74. The summed E-state index contributed by atoms with van der Waals surface area (Å²) < 4.78 is 14.6. The smallest absolute Gasteiger partial charge is 0.146 e. The topological polar surface area (TPSA) is 24.1 Å². The van der Waals surface area contributed by atoms with Crippen molar-refractivity contribution in [2.75, 3.05) is 17.2 Å². The standard InChI is InChI=1S/C16H16BrFN2/c17-13-6-7-14(18)15(9-13)20-10-12-4-1-3-11-5-2-8-19-16(11)12/h1,3-4,6-7,9,19-20H,2,5,8,10H2. The van der Waals surface area contributed by atoms with Gasteiger partial charge in [-0.2, -0.15) is 0 Å². The second-order valence-corrected chi connectivity index (χ2v) is 5.87. The Morgan fingerprint density at radius 3 is 3.05 bits per heavy atom. The highest BCUT2D eigenvalue weighted by atomic mass is 79.9. The van der Waals surface area contributed by atoms with Gasteiger partial charge in [0.15, 0.2) is 0 Å². The molecule has 0 saturated heterocycles. The van der Waals surface area contributed by atoms with E-state index in [2.05, 4.69) is 44.8 Å². The third-order valence-corrected chi connectivity index (χ3v) is 4.05. The van der Waals surface area contributed by atoms with Crippen molar-refractivity contribution in [3.8, 4) is 0 Å². The van der Waals surface area contributed by atoms with Crippen molar-refractivity contribution in [2.24, 2.45) is 0 Å². The minimum Gasteiger partial charge on any atom is -0.385 e. The summed E-state index contributed by atoms with van der Waals surface area (Å²) in [5.74, 6) is -0.231. The minimum atomic E-state index is -0.231. The lowest BCUT2D eigenvalue weighted by molar-refractivity contribution is 0.630. The van der Waals surface area contributed by atoms with Gasteiger partial charge in [-0.05, 0) is 42.2 Å². The van der Waals surface area contributed by atoms with Crippen LogP contribution in [0.2, 0.25) is 0 Å². The van der Waals surface area contributed by atoms with Crippen LogP contribution < -0.4 is 10.6 Å². The molecular formula is C16H16BrFN2. The van der Waals surface area contributed by atoms with Crippen molar-refractivity contribution in [3.63, 3.8) is 0 Å². The monoisotopic (exact) mass is 334 g/mol. The molecule has 0 atom stereocenters.